The maximum Gasteiger partial charge on any atom is 0.231 e. The SMILES string of the molecule is CCCNc1nc(N(C)C)nc(N2CCC(CCO)C2)n1. The monoisotopic (exact) mass is 294 g/mol. The molecule has 0 radical (unpaired) electrons. The van der Waals surface area contributed by atoms with E-state index in [9.17, 15) is 0 Å². The maximum atomic E-state index is 9.07. The molecule has 0 aliphatic carbocycles. The van der Waals surface area contributed by atoms with Gasteiger partial charge in [0.05, 0.1) is 0 Å². The first-order valence-corrected chi connectivity index (χ1v) is 7.67. The minimum absolute atomic E-state index is 0.252. The molecular weight excluding hydrogens is 268 g/mol. The molecule has 1 aliphatic heterocycles. The Kier molecular flexibility index (Phi) is 5.55. The molecular formula is C14H26N6O. The van der Waals surface area contributed by atoms with Crippen LogP contribution in [-0.2, 0) is 0 Å². The predicted octanol–water partition coefficient (Wildman–Crippen LogP) is 0.968. The Morgan fingerprint density at radius 1 is 1.33 bits per heavy atom. The lowest BCUT2D eigenvalue weighted by atomic mass is 10.1. The number of nitrogens with one attached hydrogen (secondary N) is 1. The topological polar surface area (TPSA) is 77.4 Å². The van der Waals surface area contributed by atoms with E-state index in [1.54, 1.807) is 0 Å². The van der Waals surface area contributed by atoms with Crippen LogP contribution in [0.25, 0.3) is 0 Å². The number of rotatable bonds is 7. The van der Waals surface area contributed by atoms with Crippen molar-refractivity contribution in [1.82, 2.24) is 15.0 Å². The standard InChI is InChI=1S/C14H26N6O/c1-4-7-15-12-16-13(19(2)3)18-14(17-12)20-8-5-11(10-20)6-9-21/h11,21H,4-10H2,1-3H3,(H,15,16,17,18). The summed E-state index contributed by atoms with van der Waals surface area (Å²) in [6.45, 7) is 5.06. The number of aliphatic hydroxyl groups is 1. The molecule has 0 saturated carbocycles. The van der Waals surface area contributed by atoms with Gasteiger partial charge in [0.25, 0.3) is 0 Å². The molecule has 0 bridgehead atoms. The van der Waals surface area contributed by atoms with Crippen LogP contribution in [0.1, 0.15) is 26.2 Å². The Morgan fingerprint density at radius 3 is 2.81 bits per heavy atom. The van der Waals surface area contributed by atoms with Crippen molar-refractivity contribution < 1.29 is 5.11 Å². The van der Waals surface area contributed by atoms with Gasteiger partial charge < -0.3 is 20.2 Å². The second-order valence-electron chi connectivity index (χ2n) is 5.69. The molecule has 118 valence electrons. The highest BCUT2D eigenvalue weighted by atomic mass is 16.3. The van der Waals surface area contributed by atoms with Gasteiger partial charge in [-0.2, -0.15) is 15.0 Å². The van der Waals surface area contributed by atoms with Crippen LogP contribution in [0, 0.1) is 5.92 Å². The molecule has 2 heterocycles. The van der Waals surface area contributed by atoms with Gasteiger partial charge in [-0.3, -0.25) is 0 Å². The van der Waals surface area contributed by atoms with Crippen molar-refractivity contribution in [2.45, 2.75) is 26.2 Å². The van der Waals surface area contributed by atoms with E-state index in [2.05, 4.69) is 32.1 Å². The van der Waals surface area contributed by atoms with Gasteiger partial charge in [0, 0.05) is 40.3 Å². The van der Waals surface area contributed by atoms with Crippen LogP contribution in [0.5, 0.6) is 0 Å². The van der Waals surface area contributed by atoms with Crippen LogP contribution in [0.4, 0.5) is 17.8 Å². The smallest absolute Gasteiger partial charge is 0.231 e. The molecule has 0 aromatic carbocycles. The molecule has 1 atom stereocenters. The largest absolute Gasteiger partial charge is 0.396 e. The fourth-order valence-corrected chi connectivity index (χ4v) is 2.44. The Morgan fingerprint density at radius 2 is 2.14 bits per heavy atom. The van der Waals surface area contributed by atoms with Crippen molar-refractivity contribution in [3.8, 4) is 0 Å². The molecule has 7 heteroatoms. The van der Waals surface area contributed by atoms with Crippen LogP contribution < -0.4 is 15.1 Å². The van der Waals surface area contributed by atoms with E-state index in [0.717, 1.165) is 44.8 Å². The number of nitrogens with zero attached hydrogens (tertiary/aromatic N) is 5. The van der Waals surface area contributed by atoms with E-state index in [4.69, 9.17) is 5.11 Å². The summed E-state index contributed by atoms with van der Waals surface area (Å²) in [5.74, 6) is 2.56. The fraction of sp³-hybridized carbons (Fsp3) is 0.786. The number of hydrogen-bond donors (Lipinski definition) is 2. The number of hydrogen-bond acceptors (Lipinski definition) is 7. The van der Waals surface area contributed by atoms with Crippen molar-refractivity contribution in [3.63, 3.8) is 0 Å². The molecule has 1 aromatic rings. The van der Waals surface area contributed by atoms with Gasteiger partial charge in [-0.15, -0.1) is 0 Å². The average Bonchev–Trinajstić information content (AvgIpc) is 2.94. The molecule has 1 aromatic heterocycles. The van der Waals surface area contributed by atoms with Crippen LogP contribution >= 0.6 is 0 Å². The van der Waals surface area contributed by atoms with Gasteiger partial charge in [0.15, 0.2) is 0 Å². The molecule has 2 rings (SSSR count). The van der Waals surface area contributed by atoms with Crippen molar-refractivity contribution in [1.29, 1.82) is 0 Å². The van der Waals surface area contributed by atoms with E-state index < -0.39 is 0 Å². The third-order valence-electron chi connectivity index (χ3n) is 3.65. The molecule has 2 N–H and O–H groups in total. The lowest BCUT2D eigenvalue weighted by molar-refractivity contribution is 0.263. The quantitative estimate of drug-likeness (QED) is 0.776. The summed E-state index contributed by atoms with van der Waals surface area (Å²) in [6.07, 6.45) is 2.96. The first-order valence-electron chi connectivity index (χ1n) is 7.67. The van der Waals surface area contributed by atoms with Crippen LogP contribution in [-0.4, -0.2) is 60.4 Å². The summed E-state index contributed by atoms with van der Waals surface area (Å²) >= 11 is 0. The molecule has 0 spiro atoms. The van der Waals surface area contributed by atoms with Crippen molar-refractivity contribution in [3.05, 3.63) is 0 Å². The predicted molar refractivity (Wildman–Crippen MR) is 85.0 cm³/mol. The highest BCUT2D eigenvalue weighted by Crippen LogP contribution is 2.24. The lowest BCUT2D eigenvalue weighted by Gasteiger charge is -2.19. The minimum atomic E-state index is 0.252. The summed E-state index contributed by atoms with van der Waals surface area (Å²) < 4.78 is 0. The van der Waals surface area contributed by atoms with Crippen LogP contribution in [0.2, 0.25) is 0 Å². The second kappa shape index (κ2) is 7.40. The maximum absolute atomic E-state index is 9.07. The first-order chi connectivity index (χ1) is 10.1. The lowest BCUT2D eigenvalue weighted by Crippen LogP contribution is -2.25. The normalized spacial score (nSPS) is 18.1. The Hall–Kier alpha value is -1.63. The van der Waals surface area contributed by atoms with E-state index in [1.165, 1.54) is 0 Å². The summed E-state index contributed by atoms with van der Waals surface area (Å²) in [5.41, 5.74) is 0. The molecule has 7 nitrogen and oxygen atoms in total. The first kappa shape index (κ1) is 15.8. The number of anilines is 3. The molecule has 1 fully saturated rings. The van der Waals surface area contributed by atoms with Gasteiger partial charge in [-0.25, -0.2) is 0 Å². The molecule has 1 unspecified atom stereocenters. The summed E-state index contributed by atoms with van der Waals surface area (Å²) in [6, 6.07) is 0. The summed E-state index contributed by atoms with van der Waals surface area (Å²) in [5, 5.41) is 12.3. The average molecular weight is 294 g/mol. The van der Waals surface area contributed by atoms with Gasteiger partial charge in [-0.1, -0.05) is 6.92 Å². The fourth-order valence-electron chi connectivity index (χ4n) is 2.44. The number of aliphatic hydroxyl groups excluding tert-OH is 1. The molecule has 21 heavy (non-hydrogen) atoms. The molecule has 1 saturated heterocycles. The van der Waals surface area contributed by atoms with Gasteiger partial charge in [0.1, 0.15) is 0 Å². The zero-order valence-corrected chi connectivity index (χ0v) is 13.2. The van der Waals surface area contributed by atoms with Crippen LogP contribution in [0.15, 0.2) is 0 Å². The van der Waals surface area contributed by atoms with Crippen molar-refractivity contribution in [2.24, 2.45) is 5.92 Å². The Bertz CT molecular complexity index is 453. The van der Waals surface area contributed by atoms with E-state index in [0.29, 0.717) is 17.8 Å². The van der Waals surface area contributed by atoms with Gasteiger partial charge in [0.2, 0.25) is 17.8 Å². The third-order valence-corrected chi connectivity index (χ3v) is 3.65. The van der Waals surface area contributed by atoms with E-state index in [1.807, 2.05) is 19.0 Å². The van der Waals surface area contributed by atoms with Gasteiger partial charge >= 0.3 is 0 Å². The summed E-state index contributed by atoms with van der Waals surface area (Å²) in [7, 11) is 3.86. The zero-order valence-electron chi connectivity index (χ0n) is 13.2. The Labute approximate surface area is 126 Å². The molecule has 1 aliphatic rings. The minimum Gasteiger partial charge on any atom is -0.396 e. The van der Waals surface area contributed by atoms with E-state index in [-0.39, 0.29) is 6.61 Å². The summed E-state index contributed by atoms with van der Waals surface area (Å²) in [4.78, 5) is 17.6. The highest BCUT2D eigenvalue weighted by Gasteiger charge is 2.25. The second-order valence-corrected chi connectivity index (χ2v) is 5.69. The zero-order chi connectivity index (χ0) is 15.2. The van der Waals surface area contributed by atoms with Gasteiger partial charge in [-0.05, 0) is 25.2 Å². The number of aromatic nitrogens is 3. The Balaban J connectivity index is 2.16. The van der Waals surface area contributed by atoms with Crippen LogP contribution in [0.3, 0.4) is 0 Å². The van der Waals surface area contributed by atoms with E-state index >= 15 is 0 Å². The molecule has 0 amide bonds. The highest BCUT2D eigenvalue weighted by molar-refractivity contribution is 5.45. The third kappa shape index (κ3) is 4.17. The van der Waals surface area contributed by atoms with Crippen molar-refractivity contribution in [2.75, 3.05) is 55.5 Å². The van der Waals surface area contributed by atoms with Crippen molar-refractivity contribution >= 4 is 17.8 Å².